The van der Waals surface area contributed by atoms with Crippen molar-refractivity contribution in [3.63, 3.8) is 0 Å². The summed E-state index contributed by atoms with van der Waals surface area (Å²) in [6.07, 6.45) is -19.9. The van der Waals surface area contributed by atoms with E-state index >= 15 is 0 Å². The van der Waals surface area contributed by atoms with Gasteiger partial charge in [0.25, 0.3) is 0 Å². The largest absolute Gasteiger partial charge is 0.479 e. The summed E-state index contributed by atoms with van der Waals surface area (Å²) in [6, 6.07) is 0. The lowest BCUT2D eigenvalue weighted by atomic mass is 9.96. The number of aliphatic hydroxyl groups is 6. The zero-order chi connectivity index (χ0) is 19.0. The topological polar surface area (TPSA) is 224 Å². The monoisotopic (exact) mass is 370 g/mol. The zero-order valence-corrected chi connectivity index (χ0v) is 12.4. The van der Waals surface area contributed by atoms with E-state index in [2.05, 4.69) is 4.74 Å². The Kier molecular flexibility index (Phi) is 5.93. The van der Waals surface area contributed by atoms with Crippen LogP contribution in [0.4, 0.5) is 0 Å². The maximum absolute atomic E-state index is 11.2. The van der Waals surface area contributed by atoms with E-state index in [1.165, 1.54) is 0 Å². The highest BCUT2D eigenvalue weighted by Crippen LogP contribution is 2.28. The van der Waals surface area contributed by atoms with Crippen LogP contribution in [0, 0.1) is 0 Å². The van der Waals surface area contributed by atoms with Crippen molar-refractivity contribution >= 4 is 11.9 Å². The summed E-state index contributed by atoms with van der Waals surface area (Å²) in [5, 5.41) is 75.9. The molecule has 13 heteroatoms. The van der Waals surface area contributed by atoms with Crippen LogP contribution in [0.3, 0.4) is 0 Å². The Hall–Kier alpha value is -1.42. The second kappa shape index (κ2) is 7.45. The molecule has 2 aliphatic rings. The standard InChI is InChI=1S/C12H18O13/c13-1-2(14)7(9(18)19)25-12(5(1)17)24-6-3(15)4(16)11(22)23-8(6)10(20)21/h1-8,11-17,22H,(H,18,19)(H,20,21)/t1-,2-,3+,4-,5-,6-,7+,8-,11?,12+/m0/s1. The van der Waals surface area contributed by atoms with Crippen molar-refractivity contribution in [1.29, 1.82) is 0 Å². The lowest BCUT2D eigenvalue weighted by Crippen LogP contribution is -2.65. The highest BCUT2D eigenvalue weighted by Gasteiger charge is 2.53. The van der Waals surface area contributed by atoms with Crippen molar-refractivity contribution < 1.29 is 64.7 Å². The Bertz CT molecular complexity index is 511. The summed E-state index contributed by atoms with van der Waals surface area (Å²) < 4.78 is 14.4. The molecule has 10 atom stereocenters. The van der Waals surface area contributed by atoms with Crippen LogP contribution in [0.1, 0.15) is 0 Å². The first kappa shape index (κ1) is 19.9. The third kappa shape index (κ3) is 3.74. The van der Waals surface area contributed by atoms with Gasteiger partial charge in [0.1, 0.15) is 36.6 Å². The fraction of sp³-hybridized carbons (Fsp3) is 0.833. The number of aliphatic carboxylic acids is 2. The van der Waals surface area contributed by atoms with Gasteiger partial charge < -0.3 is 55.1 Å². The van der Waals surface area contributed by atoms with Crippen LogP contribution in [-0.2, 0) is 23.8 Å². The molecule has 8 N–H and O–H groups in total. The number of rotatable bonds is 4. The summed E-state index contributed by atoms with van der Waals surface area (Å²) in [7, 11) is 0. The summed E-state index contributed by atoms with van der Waals surface area (Å²) in [5.74, 6) is -3.39. The molecule has 0 aromatic rings. The molecule has 0 saturated carbocycles. The summed E-state index contributed by atoms with van der Waals surface area (Å²) >= 11 is 0. The summed E-state index contributed by atoms with van der Waals surface area (Å²) in [5.41, 5.74) is 0. The quantitative estimate of drug-likeness (QED) is 0.232. The number of aliphatic hydroxyl groups excluding tert-OH is 6. The van der Waals surface area contributed by atoms with Gasteiger partial charge in [-0.3, -0.25) is 0 Å². The molecule has 0 spiro atoms. The van der Waals surface area contributed by atoms with Crippen LogP contribution in [-0.4, -0.2) is 114 Å². The molecule has 0 aliphatic carbocycles. The van der Waals surface area contributed by atoms with Crippen molar-refractivity contribution in [1.82, 2.24) is 0 Å². The molecule has 144 valence electrons. The van der Waals surface area contributed by atoms with Crippen molar-refractivity contribution in [2.24, 2.45) is 0 Å². The Balaban J connectivity index is 2.22. The maximum Gasteiger partial charge on any atom is 0.335 e. The van der Waals surface area contributed by atoms with Gasteiger partial charge in [0, 0.05) is 0 Å². The minimum absolute atomic E-state index is 1.70. The average molecular weight is 370 g/mol. The van der Waals surface area contributed by atoms with Gasteiger partial charge in [0.2, 0.25) is 0 Å². The number of hydrogen-bond donors (Lipinski definition) is 8. The molecular formula is C12H18O13. The third-order valence-electron chi connectivity index (χ3n) is 3.91. The summed E-state index contributed by atoms with van der Waals surface area (Å²) in [6.45, 7) is 0. The van der Waals surface area contributed by atoms with Gasteiger partial charge >= 0.3 is 11.9 Å². The Morgan fingerprint density at radius 2 is 1.24 bits per heavy atom. The molecule has 13 nitrogen and oxygen atoms in total. The SMILES string of the molecule is O=C(O)[C@H]1OC(O)[C@@H](O)[C@@H](O)[C@@H]1O[C@@H]1O[C@@H](C(=O)O)[C@@H](O)[C@H](O)[C@@H]1O. The van der Waals surface area contributed by atoms with Crippen LogP contribution >= 0.6 is 0 Å². The van der Waals surface area contributed by atoms with E-state index < -0.39 is 73.4 Å². The molecule has 2 fully saturated rings. The minimum atomic E-state index is -2.03. The van der Waals surface area contributed by atoms with E-state index in [0.717, 1.165) is 0 Å². The highest BCUT2D eigenvalue weighted by atomic mass is 16.7. The van der Waals surface area contributed by atoms with Crippen LogP contribution in [0.2, 0.25) is 0 Å². The first-order chi connectivity index (χ1) is 11.6. The maximum atomic E-state index is 11.2. The lowest BCUT2D eigenvalue weighted by molar-refractivity contribution is -0.346. The number of carboxylic acid groups (broad SMARTS) is 2. The van der Waals surface area contributed by atoms with Gasteiger partial charge in [0.05, 0.1) is 0 Å². The smallest absolute Gasteiger partial charge is 0.335 e. The van der Waals surface area contributed by atoms with Gasteiger partial charge in [0.15, 0.2) is 24.8 Å². The zero-order valence-electron chi connectivity index (χ0n) is 12.4. The molecule has 0 aromatic carbocycles. The normalized spacial score (nSPS) is 48.1. The fourth-order valence-electron chi connectivity index (χ4n) is 2.52. The van der Waals surface area contributed by atoms with E-state index in [4.69, 9.17) is 19.7 Å². The number of hydrogen-bond acceptors (Lipinski definition) is 11. The molecule has 2 rings (SSSR count). The molecular weight excluding hydrogens is 352 g/mol. The van der Waals surface area contributed by atoms with E-state index in [-0.39, 0.29) is 0 Å². The van der Waals surface area contributed by atoms with Crippen LogP contribution < -0.4 is 0 Å². The molecule has 2 aliphatic heterocycles. The molecule has 1 unspecified atom stereocenters. The first-order valence-corrected chi connectivity index (χ1v) is 7.06. The van der Waals surface area contributed by atoms with Gasteiger partial charge in [-0.1, -0.05) is 0 Å². The Morgan fingerprint density at radius 3 is 1.76 bits per heavy atom. The van der Waals surface area contributed by atoms with Crippen molar-refractivity contribution in [2.75, 3.05) is 0 Å². The summed E-state index contributed by atoms with van der Waals surface area (Å²) in [4.78, 5) is 22.2. The number of ether oxygens (including phenoxy) is 3. The van der Waals surface area contributed by atoms with E-state index in [9.17, 15) is 40.2 Å². The molecule has 0 aromatic heterocycles. The Labute approximate surface area is 139 Å². The van der Waals surface area contributed by atoms with Gasteiger partial charge in [-0.15, -0.1) is 0 Å². The molecule has 2 heterocycles. The minimum Gasteiger partial charge on any atom is -0.479 e. The molecule has 0 amide bonds. The van der Waals surface area contributed by atoms with Gasteiger partial charge in [-0.05, 0) is 0 Å². The molecule has 0 bridgehead atoms. The second-order valence-corrected chi connectivity index (χ2v) is 5.60. The van der Waals surface area contributed by atoms with Crippen molar-refractivity contribution in [2.45, 2.75) is 61.4 Å². The van der Waals surface area contributed by atoms with Crippen LogP contribution in [0.5, 0.6) is 0 Å². The number of carboxylic acids is 2. The van der Waals surface area contributed by atoms with Gasteiger partial charge in [-0.2, -0.15) is 0 Å². The predicted molar refractivity (Wildman–Crippen MR) is 69.7 cm³/mol. The predicted octanol–water partition coefficient (Wildman–Crippen LogP) is -5.21. The molecule has 25 heavy (non-hydrogen) atoms. The van der Waals surface area contributed by atoms with Gasteiger partial charge in [-0.25, -0.2) is 9.59 Å². The third-order valence-corrected chi connectivity index (χ3v) is 3.91. The number of carbonyl (C=O) groups is 2. The van der Waals surface area contributed by atoms with E-state index in [0.29, 0.717) is 0 Å². The highest BCUT2D eigenvalue weighted by molar-refractivity contribution is 5.74. The first-order valence-electron chi connectivity index (χ1n) is 7.06. The second-order valence-electron chi connectivity index (χ2n) is 5.60. The van der Waals surface area contributed by atoms with Crippen molar-refractivity contribution in [3.05, 3.63) is 0 Å². The average Bonchev–Trinajstić information content (AvgIpc) is 2.54. The lowest BCUT2D eigenvalue weighted by Gasteiger charge is -2.44. The van der Waals surface area contributed by atoms with Crippen molar-refractivity contribution in [3.8, 4) is 0 Å². The van der Waals surface area contributed by atoms with Crippen LogP contribution in [0.15, 0.2) is 0 Å². The van der Waals surface area contributed by atoms with Crippen LogP contribution in [0.25, 0.3) is 0 Å². The Morgan fingerprint density at radius 1 is 0.680 bits per heavy atom. The van der Waals surface area contributed by atoms with E-state index in [1.807, 2.05) is 0 Å². The molecule has 0 radical (unpaired) electrons. The fourth-order valence-corrected chi connectivity index (χ4v) is 2.52. The molecule has 2 saturated heterocycles. The van der Waals surface area contributed by atoms with E-state index in [1.54, 1.807) is 0 Å².